The van der Waals surface area contributed by atoms with Crippen molar-refractivity contribution in [1.82, 2.24) is 0 Å². The summed E-state index contributed by atoms with van der Waals surface area (Å²) >= 11 is 6.10. The summed E-state index contributed by atoms with van der Waals surface area (Å²) in [5.74, 6) is -6.54. The number of halogens is 1. The zero-order chi connectivity index (χ0) is 30.3. The summed E-state index contributed by atoms with van der Waals surface area (Å²) in [6.07, 6.45) is 4.73. The highest BCUT2D eigenvalue weighted by molar-refractivity contribution is 6.18. The van der Waals surface area contributed by atoms with Gasteiger partial charge in [0, 0.05) is 0 Å². The summed E-state index contributed by atoms with van der Waals surface area (Å²) < 4.78 is 16.3. The first-order valence-electron chi connectivity index (χ1n) is 14.4. The van der Waals surface area contributed by atoms with E-state index in [0.717, 1.165) is 0 Å². The number of rotatable bonds is 7. The normalized spacial score (nSPS) is 37.5. The zero-order valence-electron chi connectivity index (χ0n) is 24.0. The molecule has 10 nitrogen and oxygen atoms in total. The second-order valence-electron chi connectivity index (χ2n) is 12.8. The molecular weight excluding hydrogens is 556 g/mol. The first kappa shape index (κ1) is 31.5. The minimum Gasteiger partial charge on any atom is -0.478 e. The van der Waals surface area contributed by atoms with E-state index in [0.29, 0.717) is 19.3 Å². The highest BCUT2D eigenvalue weighted by Gasteiger charge is 2.56. The minimum atomic E-state index is -1.79. The maximum absolute atomic E-state index is 13.4. The van der Waals surface area contributed by atoms with Gasteiger partial charge in [-0.2, -0.15) is 0 Å². The number of carbonyl (C=O) groups is 4. The van der Waals surface area contributed by atoms with E-state index in [2.05, 4.69) is 0 Å². The summed E-state index contributed by atoms with van der Waals surface area (Å²) in [7, 11) is 0. The van der Waals surface area contributed by atoms with Crippen molar-refractivity contribution in [3.63, 3.8) is 0 Å². The number of aliphatic hydroxyl groups is 2. The van der Waals surface area contributed by atoms with Gasteiger partial charge in [-0.15, -0.1) is 11.6 Å². The number of fused-ring (bicyclic) bond motifs is 2. The second kappa shape index (κ2) is 12.1. The van der Waals surface area contributed by atoms with Gasteiger partial charge in [-0.25, -0.2) is 9.59 Å². The van der Waals surface area contributed by atoms with Crippen LogP contribution in [0.4, 0.5) is 0 Å². The number of hydrogen-bond donors (Lipinski definition) is 3. The number of ether oxygens (including phenoxy) is 3. The lowest BCUT2D eigenvalue weighted by Crippen LogP contribution is -2.55. The fourth-order valence-corrected chi connectivity index (χ4v) is 7.68. The zero-order valence-corrected chi connectivity index (χ0v) is 24.8. The van der Waals surface area contributed by atoms with E-state index in [1.807, 2.05) is 27.7 Å². The van der Waals surface area contributed by atoms with Gasteiger partial charge in [0.05, 0.1) is 34.5 Å². The number of allylic oxidation sites excluding steroid dienone is 2. The Kier molecular flexibility index (Phi) is 9.26. The molecule has 0 saturated heterocycles. The smallest absolute Gasteiger partial charge is 0.337 e. The Hall–Kier alpha value is -2.43. The monoisotopic (exact) mass is 596 g/mol. The molecule has 11 heteroatoms. The van der Waals surface area contributed by atoms with E-state index in [1.165, 1.54) is 6.08 Å². The molecule has 2 saturated carbocycles. The Balaban J connectivity index is 1.60. The van der Waals surface area contributed by atoms with Gasteiger partial charge in [-0.1, -0.05) is 39.8 Å². The number of hydrogen-bond acceptors (Lipinski definition) is 9. The van der Waals surface area contributed by atoms with Gasteiger partial charge in [0.15, 0.2) is 0 Å². The molecule has 0 spiro atoms. The first-order valence-corrected chi connectivity index (χ1v) is 14.9. The van der Waals surface area contributed by atoms with Crippen molar-refractivity contribution < 1.29 is 48.7 Å². The number of esters is 3. The van der Waals surface area contributed by atoms with E-state index < -0.39 is 72.0 Å². The maximum atomic E-state index is 13.4. The van der Waals surface area contributed by atoms with E-state index >= 15 is 0 Å². The summed E-state index contributed by atoms with van der Waals surface area (Å²) in [6, 6.07) is 0. The quantitative estimate of drug-likeness (QED) is 0.227. The fourth-order valence-electron chi connectivity index (χ4n) is 7.38. The summed E-state index contributed by atoms with van der Waals surface area (Å²) in [4.78, 5) is 51.3. The molecule has 8 atom stereocenters. The Morgan fingerprint density at radius 1 is 0.902 bits per heavy atom. The lowest BCUT2D eigenvalue weighted by molar-refractivity contribution is -0.181. The molecule has 0 amide bonds. The third-order valence-corrected chi connectivity index (χ3v) is 10.2. The molecule has 0 aromatic heterocycles. The first-order chi connectivity index (χ1) is 19.2. The van der Waals surface area contributed by atoms with Crippen LogP contribution in [-0.4, -0.2) is 76.1 Å². The second-order valence-corrected chi connectivity index (χ2v) is 13.1. The van der Waals surface area contributed by atoms with Crippen LogP contribution in [-0.2, 0) is 33.4 Å². The molecule has 0 radical (unpaired) electrons. The van der Waals surface area contributed by atoms with Crippen LogP contribution in [0.15, 0.2) is 23.3 Å². The van der Waals surface area contributed by atoms with Crippen LogP contribution < -0.4 is 0 Å². The number of cyclic esters (lactones) is 2. The van der Waals surface area contributed by atoms with Gasteiger partial charge < -0.3 is 29.5 Å². The van der Waals surface area contributed by atoms with Crippen molar-refractivity contribution in [2.45, 2.75) is 64.6 Å². The van der Waals surface area contributed by atoms with Crippen molar-refractivity contribution in [1.29, 1.82) is 0 Å². The van der Waals surface area contributed by atoms with E-state index in [4.69, 9.17) is 25.8 Å². The predicted molar refractivity (Wildman–Crippen MR) is 146 cm³/mol. The molecule has 3 N–H and O–H groups in total. The van der Waals surface area contributed by atoms with Gasteiger partial charge in [-0.3, -0.25) is 9.59 Å². The lowest BCUT2D eigenvalue weighted by Gasteiger charge is -2.46. The number of alkyl halides is 1. The van der Waals surface area contributed by atoms with Crippen LogP contribution >= 0.6 is 11.6 Å². The molecule has 228 valence electrons. The number of carbonyl (C=O) groups excluding carboxylic acids is 3. The summed E-state index contributed by atoms with van der Waals surface area (Å²) in [5.41, 5.74) is -3.22. The highest BCUT2D eigenvalue weighted by atomic mass is 35.5. The van der Waals surface area contributed by atoms with Gasteiger partial charge in [-0.05, 0) is 61.2 Å². The number of carboxylic acids is 1. The molecule has 0 bridgehead atoms. The standard InChI is InChI=1S/C30H41ClO10/c1-15(2)19-5-7-29(37,13-31)23-22(19)10-18(12-40-27(23)35)26(34)41-14-30(38)8-6-20(16(3)4)21-9-17(25(32)33)11-39-28(36)24(21)30/h9-10,15-16,19-24,37-38H,5-8,11-14H2,1-4H3,(H,32,33). The van der Waals surface area contributed by atoms with Crippen molar-refractivity contribution in [2.75, 3.05) is 25.7 Å². The molecular formula is C30H41ClO10. The topological polar surface area (TPSA) is 157 Å². The molecule has 0 aromatic rings. The predicted octanol–water partition coefficient (Wildman–Crippen LogP) is 2.88. The SMILES string of the molecule is CC(C)C1CCC(O)(CCl)C2C(=O)OCC(C(=O)OCC3(O)CCC(C(C)C)C4C=C(C(=O)O)COC(=O)C43)=CC12. The van der Waals surface area contributed by atoms with Crippen molar-refractivity contribution in [2.24, 2.45) is 47.3 Å². The number of aliphatic carboxylic acids is 1. The van der Waals surface area contributed by atoms with Crippen molar-refractivity contribution >= 4 is 35.5 Å². The van der Waals surface area contributed by atoms with Crippen LogP contribution in [0.1, 0.15) is 53.4 Å². The molecule has 41 heavy (non-hydrogen) atoms. The minimum absolute atomic E-state index is 0.0100. The van der Waals surface area contributed by atoms with Gasteiger partial charge in [0.2, 0.25) is 0 Å². The Morgan fingerprint density at radius 2 is 1.37 bits per heavy atom. The van der Waals surface area contributed by atoms with Crippen molar-refractivity contribution in [3.8, 4) is 0 Å². The summed E-state index contributed by atoms with van der Waals surface area (Å²) in [6.45, 7) is 6.70. The highest BCUT2D eigenvalue weighted by Crippen LogP contribution is 2.49. The maximum Gasteiger partial charge on any atom is 0.337 e. The Morgan fingerprint density at radius 3 is 1.85 bits per heavy atom. The molecule has 0 aromatic carbocycles. The van der Waals surface area contributed by atoms with Crippen LogP contribution in [0.25, 0.3) is 0 Å². The van der Waals surface area contributed by atoms with Crippen LogP contribution in [0.2, 0.25) is 0 Å². The molecule has 2 aliphatic heterocycles. The third-order valence-electron chi connectivity index (χ3n) is 9.71. The van der Waals surface area contributed by atoms with E-state index in [9.17, 15) is 34.5 Å². The Labute approximate surface area is 245 Å². The molecule has 2 fully saturated rings. The van der Waals surface area contributed by atoms with E-state index in [-0.39, 0.29) is 53.7 Å². The van der Waals surface area contributed by atoms with Crippen LogP contribution in [0.5, 0.6) is 0 Å². The van der Waals surface area contributed by atoms with Gasteiger partial charge >= 0.3 is 23.9 Å². The fraction of sp³-hybridized carbons (Fsp3) is 0.733. The van der Waals surface area contributed by atoms with Crippen LogP contribution in [0, 0.1) is 47.3 Å². The molecule has 8 unspecified atom stereocenters. The lowest BCUT2D eigenvalue weighted by atomic mass is 9.61. The average Bonchev–Trinajstić information content (AvgIpc) is 3.20. The molecule has 2 heterocycles. The van der Waals surface area contributed by atoms with Gasteiger partial charge in [0.1, 0.15) is 25.4 Å². The number of carboxylic acid groups (broad SMARTS) is 1. The van der Waals surface area contributed by atoms with E-state index in [1.54, 1.807) is 6.08 Å². The van der Waals surface area contributed by atoms with Crippen molar-refractivity contribution in [3.05, 3.63) is 23.3 Å². The summed E-state index contributed by atoms with van der Waals surface area (Å²) in [5, 5.41) is 32.5. The Bertz CT molecular complexity index is 1130. The van der Waals surface area contributed by atoms with Gasteiger partial charge in [0.25, 0.3) is 0 Å². The molecule has 4 rings (SSSR count). The largest absolute Gasteiger partial charge is 0.478 e. The van der Waals surface area contributed by atoms with Crippen LogP contribution in [0.3, 0.4) is 0 Å². The molecule has 4 aliphatic rings. The average molecular weight is 597 g/mol. The molecule has 2 aliphatic carbocycles. The third kappa shape index (κ3) is 6.06.